The Kier molecular flexibility index (Phi) is 15.1. The molecule has 0 unspecified atom stereocenters. The summed E-state index contributed by atoms with van der Waals surface area (Å²) in [5.74, 6) is -6.74. The first-order chi connectivity index (χ1) is 20.0. The number of aliphatic hydroxyl groups is 2. The van der Waals surface area contributed by atoms with E-state index >= 15 is 0 Å². The van der Waals surface area contributed by atoms with E-state index in [0.717, 1.165) is 6.92 Å². The zero-order valence-electron chi connectivity index (χ0n) is 24.1. The summed E-state index contributed by atoms with van der Waals surface area (Å²) in [6.45, 7) is 3.69. The van der Waals surface area contributed by atoms with Gasteiger partial charge in [0.05, 0.1) is 18.8 Å². The molecule has 0 bridgehead atoms. The Labute approximate surface area is 248 Å². The molecular formula is C27H41N5O11. The van der Waals surface area contributed by atoms with E-state index in [1.165, 1.54) is 12.1 Å². The van der Waals surface area contributed by atoms with Gasteiger partial charge in [0, 0.05) is 6.42 Å². The number of nitrogens with one attached hydrogen (secondary N) is 4. The number of benzene rings is 1. The Morgan fingerprint density at radius 2 is 1.33 bits per heavy atom. The molecule has 0 radical (unpaired) electrons. The van der Waals surface area contributed by atoms with Gasteiger partial charge in [-0.05, 0) is 49.8 Å². The fraction of sp³-hybridized carbons (Fsp3) is 0.556. The molecule has 0 aliphatic carbocycles. The van der Waals surface area contributed by atoms with Gasteiger partial charge in [0.15, 0.2) is 0 Å². The van der Waals surface area contributed by atoms with Crippen molar-refractivity contribution in [2.45, 2.75) is 82.8 Å². The third kappa shape index (κ3) is 13.1. The molecule has 0 aromatic heterocycles. The molecule has 0 heterocycles. The maximum atomic E-state index is 13.0. The lowest BCUT2D eigenvalue weighted by Gasteiger charge is -2.27. The Morgan fingerprint density at radius 3 is 1.81 bits per heavy atom. The van der Waals surface area contributed by atoms with E-state index in [1.807, 2.05) is 0 Å². The number of carboxylic acids is 2. The summed E-state index contributed by atoms with van der Waals surface area (Å²) >= 11 is 0. The van der Waals surface area contributed by atoms with Gasteiger partial charge < -0.3 is 52.5 Å². The molecule has 1 rings (SSSR count). The van der Waals surface area contributed by atoms with E-state index in [1.54, 1.807) is 26.0 Å². The number of aromatic hydroxyl groups is 1. The number of amides is 4. The second-order valence-corrected chi connectivity index (χ2v) is 10.5. The summed E-state index contributed by atoms with van der Waals surface area (Å²) in [5, 5.41) is 56.7. The average molecular weight is 612 g/mol. The van der Waals surface area contributed by atoms with E-state index < -0.39 is 91.3 Å². The smallest absolute Gasteiger partial charge is 0.326 e. The van der Waals surface area contributed by atoms with Crippen LogP contribution in [0.3, 0.4) is 0 Å². The van der Waals surface area contributed by atoms with Crippen LogP contribution in [0.25, 0.3) is 0 Å². The lowest BCUT2D eigenvalue weighted by molar-refractivity contribution is -0.143. The molecule has 0 spiro atoms. The first-order valence-corrected chi connectivity index (χ1v) is 13.5. The van der Waals surface area contributed by atoms with Crippen LogP contribution >= 0.6 is 0 Å². The highest BCUT2D eigenvalue weighted by molar-refractivity contribution is 5.95. The standard InChI is InChI=1S/C27H41N5O11/c1-13(2)10-19(27(42)43)30-24(39)18(8-9-21(36)37)29-26(41)22(14(3)34)32-25(40)20(12-33)31-23(38)17(28)11-15-4-6-16(35)7-5-15/h4-7,13-14,17-20,22,33-35H,8-12,28H2,1-3H3,(H,29,41)(H,30,39)(H,31,38)(H,32,40)(H,36,37)(H,42,43)/t14-,17+,18+,19+,20+,22+/m1/s1. The van der Waals surface area contributed by atoms with Crippen molar-refractivity contribution in [2.75, 3.05) is 6.61 Å². The number of aliphatic carboxylic acids is 2. The van der Waals surface area contributed by atoms with Crippen molar-refractivity contribution in [3.05, 3.63) is 29.8 Å². The summed E-state index contributed by atoms with van der Waals surface area (Å²) in [4.78, 5) is 74.0. The molecule has 0 fully saturated rings. The van der Waals surface area contributed by atoms with E-state index in [4.69, 9.17) is 10.8 Å². The van der Waals surface area contributed by atoms with Gasteiger partial charge in [-0.1, -0.05) is 26.0 Å². The van der Waals surface area contributed by atoms with E-state index in [9.17, 15) is 49.2 Å². The molecule has 0 saturated carbocycles. The second-order valence-electron chi connectivity index (χ2n) is 10.5. The van der Waals surface area contributed by atoms with Crippen molar-refractivity contribution in [1.82, 2.24) is 21.3 Å². The van der Waals surface area contributed by atoms with Gasteiger partial charge in [-0.2, -0.15) is 0 Å². The monoisotopic (exact) mass is 611 g/mol. The molecule has 6 atom stereocenters. The number of aliphatic hydroxyl groups excluding tert-OH is 2. The first-order valence-electron chi connectivity index (χ1n) is 13.5. The van der Waals surface area contributed by atoms with Crippen LogP contribution in [0.2, 0.25) is 0 Å². The van der Waals surface area contributed by atoms with Crippen molar-refractivity contribution in [3.63, 3.8) is 0 Å². The van der Waals surface area contributed by atoms with Gasteiger partial charge in [-0.15, -0.1) is 0 Å². The summed E-state index contributed by atoms with van der Waals surface area (Å²) in [5.41, 5.74) is 6.50. The van der Waals surface area contributed by atoms with Crippen LogP contribution in [0, 0.1) is 5.92 Å². The zero-order chi connectivity index (χ0) is 32.9. The minimum absolute atomic E-state index is 0.0138. The number of carbonyl (C=O) groups is 6. The predicted molar refractivity (Wildman–Crippen MR) is 150 cm³/mol. The number of carbonyl (C=O) groups excluding carboxylic acids is 4. The Hall–Kier alpha value is -4.28. The third-order valence-electron chi connectivity index (χ3n) is 6.21. The molecule has 1 aromatic rings. The molecule has 0 aliphatic heterocycles. The van der Waals surface area contributed by atoms with Gasteiger partial charge in [-0.25, -0.2) is 4.79 Å². The van der Waals surface area contributed by atoms with Crippen molar-refractivity contribution in [1.29, 1.82) is 0 Å². The Balaban J connectivity index is 2.97. The molecular weight excluding hydrogens is 570 g/mol. The third-order valence-corrected chi connectivity index (χ3v) is 6.21. The van der Waals surface area contributed by atoms with Gasteiger partial charge in [0.2, 0.25) is 23.6 Å². The lowest BCUT2D eigenvalue weighted by atomic mass is 10.0. The van der Waals surface area contributed by atoms with Gasteiger partial charge in [0.1, 0.15) is 29.9 Å². The molecule has 11 N–H and O–H groups in total. The Bertz CT molecular complexity index is 1130. The molecule has 43 heavy (non-hydrogen) atoms. The normalized spacial score (nSPS) is 15.2. The van der Waals surface area contributed by atoms with Crippen LogP contribution in [0.5, 0.6) is 5.75 Å². The van der Waals surface area contributed by atoms with Gasteiger partial charge in [-0.3, -0.25) is 24.0 Å². The maximum absolute atomic E-state index is 13.0. The van der Waals surface area contributed by atoms with Crippen molar-refractivity contribution < 1.29 is 54.3 Å². The highest BCUT2D eigenvalue weighted by Crippen LogP contribution is 2.11. The first kappa shape index (κ1) is 36.7. The molecule has 16 nitrogen and oxygen atoms in total. The number of phenols is 1. The molecule has 16 heteroatoms. The number of carboxylic acid groups (broad SMARTS) is 2. The highest BCUT2D eigenvalue weighted by atomic mass is 16.4. The number of nitrogens with two attached hydrogens (primary N) is 1. The Morgan fingerprint density at radius 1 is 0.791 bits per heavy atom. The van der Waals surface area contributed by atoms with Crippen molar-refractivity contribution in [2.24, 2.45) is 11.7 Å². The number of phenolic OH excluding ortho intramolecular Hbond substituents is 1. The van der Waals surface area contributed by atoms with Gasteiger partial charge >= 0.3 is 11.9 Å². The zero-order valence-corrected chi connectivity index (χ0v) is 24.1. The average Bonchev–Trinajstić information content (AvgIpc) is 2.92. The van der Waals surface area contributed by atoms with E-state index in [2.05, 4.69) is 21.3 Å². The quantitative estimate of drug-likeness (QED) is 0.0830. The summed E-state index contributed by atoms with van der Waals surface area (Å²) in [7, 11) is 0. The largest absolute Gasteiger partial charge is 0.508 e. The number of hydrogen-bond donors (Lipinski definition) is 10. The van der Waals surface area contributed by atoms with Crippen LogP contribution in [-0.2, 0) is 35.2 Å². The maximum Gasteiger partial charge on any atom is 0.326 e. The van der Waals surface area contributed by atoms with E-state index in [-0.39, 0.29) is 24.5 Å². The minimum Gasteiger partial charge on any atom is -0.508 e. The summed E-state index contributed by atoms with van der Waals surface area (Å²) in [6, 6.07) is -1.45. The number of hydrogen-bond acceptors (Lipinski definition) is 10. The topological polar surface area (TPSA) is 278 Å². The summed E-state index contributed by atoms with van der Waals surface area (Å²) in [6.07, 6.45) is -2.49. The fourth-order valence-corrected chi connectivity index (χ4v) is 3.87. The molecule has 0 saturated heterocycles. The lowest BCUT2D eigenvalue weighted by Crippen LogP contribution is -2.61. The van der Waals surface area contributed by atoms with E-state index in [0.29, 0.717) is 5.56 Å². The molecule has 4 amide bonds. The number of rotatable bonds is 18. The predicted octanol–water partition coefficient (Wildman–Crippen LogP) is -2.43. The second kappa shape index (κ2) is 17.6. The molecule has 240 valence electrons. The van der Waals surface area contributed by atoms with Crippen molar-refractivity contribution in [3.8, 4) is 5.75 Å². The van der Waals surface area contributed by atoms with Crippen molar-refractivity contribution >= 4 is 35.6 Å². The van der Waals surface area contributed by atoms with Crippen LogP contribution in [-0.4, -0.2) is 104 Å². The van der Waals surface area contributed by atoms with Crippen LogP contribution in [0.1, 0.15) is 45.6 Å². The summed E-state index contributed by atoms with van der Waals surface area (Å²) < 4.78 is 0. The minimum atomic E-state index is -1.73. The highest BCUT2D eigenvalue weighted by Gasteiger charge is 2.34. The van der Waals surface area contributed by atoms with Crippen LogP contribution in [0.15, 0.2) is 24.3 Å². The fourth-order valence-electron chi connectivity index (χ4n) is 3.87. The van der Waals surface area contributed by atoms with Gasteiger partial charge in [0.25, 0.3) is 0 Å². The van der Waals surface area contributed by atoms with Crippen LogP contribution in [0.4, 0.5) is 0 Å². The van der Waals surface area contributed by atoms with Crippen LogP contribution < -0.4 is 27.0 Å². The molecule has 1 aromatic carbocycles. The SMILES string of the molecule is CC(C)C[C@H](NC(=O)[C@H](CCC(=O)O)NC(=O)[C@@H](NC(=O)[C@H](CO)NC(=O)[C@@H](N)Cc1ccc(O)cc1)[C@@H](C)O)C(=O)O. The molecule has 0 aliphatic rings.